The second kappa shape index (κ2) is 4.83. The first-order valence-electron chi connectivity index (χ1n) is 6.44. The molecule has 2 aromatic rings. The van der Waals surface area contributed by atoms with Gasteiger partial charge in [0.1, 0.15) is 0 Å². The Morgan fingerprint density at radius 1 is 1.50 bits per heavy atom. The number of carbonyl (C=O) groups excluding carboxylic acids is 2. The molecule has 1 aliphatic heterocycles. The minimum atomic E-state index is 0.0703. The summed E-state index contributed by atoms with van der Waals surface area (Å²) in [5.74, 6) is 0.0703. The van der Waals surface area contributed by atoms with Gasteiger partial charge in [-0.05, 0) is 31.0 Å². The van der Waals surface area contributed by atoms with Crippen molar-refractivity contribution in [1.82, 2.24) is 4.98 Å². The quantitative estimate of drug-likeness (QED) is 0.798. The molecule has 1 aromatic carbocycles. The maximum Gasteiger partial charge on any atom is 0.224 e. The highest BCUT2D eigenvalue weighted by Gasteiger charge is 2.29. The Kier molecular flexibility index (Phi) is 3.14. The Hall–Kier alpha value is -2.01. The maximum absolute atomic E-state index is 11.7. The third-order valence-electron chi connectivity index (χ3n) is 3.55. The molecular formula is C15H14N2O2S. The van der Waals surface area contributed by atoms with Gasteiger partial charge >= 0.3 is 0 Å². The largest absolute Gasteiger partial charge is 0.309 e. The molecule has 0 N–H and O–H groups in total. The van der Waals surface area contributed by atoms with Crippen LogP contribution >= 0.6 is 11.3 Å². The van der Waals surface area contributed by atoms with Crippen LogP contribution in [-0.4, -0.2) is 23.2 Å². The lowest BCUT2D eigenvalue weighted by Crippen LogP contribution is -2.33. The third kappa shape index (κ3) is 2.04. The van der Waals surface area contributed by atoms with Crippen LogP contribution in [0, 0.1) is 0 Å². The molecule has 0 spiro atoms. The number of carbonyl (C=O) groups is 2. The topological polar surface area (TPSA) is 50.3 Å². The Balaban J connectivity index is 2.01. The van der Waals surface area contributed by atoms with Crippen molar-refractivity contribution in [2.75, 3.05) is 4.90 Å². The van der Waals surface area contributed by atoms with E-state index in [1.54, 1.807) is 6.92 Å². The van der Waals surface area contributed by atoms with E-state index in [1.165, 1.54) is 11.3 Å². The summed E-state index contributed by atoms with van der Waals surface area (Å²) in [5.41, 5.74) is 3.95. The number of benzene rings is 1. The Labute approximate surface area is 121 Å². The predicted molar refractivity (Wildman–Crippen MR) is 79.3 cm³/mol. The number of amides is 1. The van der Waals surface area contributed by atoms with Gasteiger partial charge in [0.2, 0.25) is 5.91 Å². The minimum Gasteiger partial charge on any atom is -0.309 e. The maximum atomic E-state index is 11.7. The van der Waals surface area contributed by atoms with Crippen molar-refractivity contribution in [3.05, 3.63) is 34.2 Å². The van der Waals surface area contributed by atoms with Crippen LogP contribution in [0.2, 0.25) is 0 Å². The lowest BCUT2D eigenvalue weighted by molar-refractivity contribution is -0.116. The van der Waals surface area contributed by atoms with Gasteiger partial charge in [-0.2, -0.15) is 0 Å². The van der Waals surface area contributed by atoms with E-state index >= 15 is 0 Å². The zero-order chi connectivity index (χ0) is 14.3. The van der Waals surface area contributed by atoms with Crippen LogP contribution in [0.1, 0.15) is 29.2 Å². The second-order valence-electron chi connectivity index (χ2n) is 4.97. The molecule has 0 radical (unpaired) electrons. The van der Waals surface area contributed by atoms with Gasteiger partial charge < -0.3 is 4.90 Å². The summed E-state index contributed by atoms with van der Waals surface area (Å²) in [6.07, 6.45) is 1.62. The van der Waals surface area contributed by atoms with E-state index in [4.69, 9.17) is 0 Å². The highest BCUT2D eigenvalue weighted by Crippen LogP contribution is 2.35. The molecule has 0 fully saturated rings. The van der Waals surface area contributed by atoms with Crippen LogP contribution in [0.4, 0.5) is 5.69 Å². The molecule has 3 rings (SSSR count). The van der Waals surface area contributed by atoms with Crippen LogP contribution in [0.15, 0.2) is 23.6 Å². The van der Waals surface area contributed by atoms with E-state index in [0.29, 0.717) is 5.01 Å². The lowest BCUT2D eigenvalue weighted by atomic mass is 10.1. The first-order valence-corrected chi connectivity index (χ1v) is 7.32. The number of aldehydes is 1. The fraction of sp³-hybridized carbons (Fsp3) is 0.267. The van der Waals surface area contributed by atoms with Crippen LogP contribution in [0.3, 0.4) is 0 Å². The Morgan fingerprint density at radius 3 is 2.95 bits per heavy atom. The average molecular weight is 286 g/mol. The van der Waals surface area contributed by atoms with Gasteiger partial charge in [0.15, 0.2) is 11.3 Å². The Bertz CT molecular complexity index is 693. The number of hydrogen-bond donors (Lipinski definition) is 0. The van der Waals surface area contributed by atoms with Crippen LogP contribution in [-0.2, 0) is 11.2 Å². The molecule has 0 saturated heterocycles. The van der Waals surface area contributed by atoms with Gasteiger partial charge in [0.05, 0.1) is 5.69 Å². The first-order chi connectivity index (χ1) is 9.60. The molecule has 1 amide bonds. The van der Waals surface area contributed by atoms with E-state index < -0.39 is 0 Å². The van der Waals surface area contributed by atoms with E-state index in [1.807, 2.05) is 22.4 Å². The van der Waals surface area contributed by atoms with Gasteiger partial charge in [-0.1, -0.05) is 6.07 Å². The summed E-state index contributed by atoms with van der Waals surface area (Å²) in [5, 5.41) is 2.37. The molecule has 4 nitrogen and oxygen atoms in total. The molecule has 5 heteroatoms. The SMILES string of the molecule is CC(=O)N1c2ccc(-c3csc(C=O)n3)cc2CC1C. The van der Waals surface area contributed by atoms with Gasteiger partial charge in [-0.25, -0.2) is 4.98 Å². The highest BCUT2D eigenvalue weighted by atomic mass is 32.1. The highest BCUT2D eigenvalue weighted by molar-refractivity contribution is 7.11. The van der Waals surface area contributed by atoms with Gasteiger partial charge in [-0.3, -0.25) is 9.59 Å². The molecule has 0 saturated carbocycles. The Morgan fingerprint density at radius 2 is 2.30 bits per heavy atom. The summed E-state index contributed by atoms with van der Waals surface area (Å²) >= 11 is 1.34. The van der Waals surface area contributed by atoms with Gasteiger partial charge in [-0.15, -0.1) is 11.3 Å². The molecule has 0 aliphatic carbocycles. The van der Waals surface area contributed by atoms with E-state index in [-0.39, 0.29) is 11.9 Å². The standard InChI is InChI=1S/C15H14N2O2S/c1-9-5-12-6-11(13-8-20-15(7-18)16-13)3-4-14(12)17(9)10(2)19/h3-4,6-9H,5H2,1-2H3. The summed E-state index contributed by atoms with van der Waals surface area (Å²) in [6, 6.07) is 6.18. The number of hydrogen-bond acceptors (Lipinski definition) is 4. The smallest absolute Gasteiger partial charge is 0.224 e. The molecular weight excluding hydrogens is 272 g/mol. The molecule has 1 unspecified atom stereocenters. The van der Waals surface area contributed by atoms with Crippen molar-refractivity contribution in [3.63, 3.8) is 0 Å². The van der Waals surface area contributed by atoms with Gasteiger partial charge in [0, 0.05) is 29.6 Å². The van der Waals surface area contributed by atoms with Gasteiger partial charge in [0.25, 0.3) is 0 Å². The van der Waals surface area contributed by atoms with Crippen molar-refractivity contribution in [1.29, 1.82) is 0 Å². The van der Waals surface area contributed by atoms with Crippen molar-refractivity contribution in [2.45, 2.75) is 26.3 Å². The van der Waals surface area contributed by atoms with Crippen LogP contribution in [0.25, 0.3) is 11.3 Å². The zero-order valence-corrected chi connectivity index (χ0v) is 12.1. The monoisotopic (exact) mass is 286 g/mol. The summed E-state index contributed by atoms with van der Waals surface area (Å²) in [4.78, 5) is 28.5. The molecule has 2 heterocycles. The number of aromatic nitrogens is 1. The average Bonchev–Trinajstić information content (AvgIpc) is 3.00. The number of anilines is 1. The van der Waals surface area contributed by atoms with Crippen LogP contribution in [0.5, 0.6) is 0 Å². The second-order valence-corrected chi connectivity index (χ2v) is 5.86. The normalized spacial score (nSPS) is 17.1. The minimum absolute atomic E-state index is 0.0703. The summed E-state index contributed by atoms with van der Waals surface area (Å²) in [7, 11) is 0. The van der Waals surface area contributed by atoms with E-state index in [0.717, 1.165) is 35.2 Å². The molecule has 1 atom stereocenters. The molecule has 0 bridgehead atoms. The number of fused-ring (bicyclic) bond motifs is 1. The number of thiazole rings is 1. The fourth-order valence-corrected chi connectivity index (χ4v) is 3.37. The van der Waals surface area contributed by atoms with Crippen LogP contribution < -0.4 is 4.90 Å². The molecule has 102 valence electrons. The van der Waals surface area contributed by atoms with Crippen molar-refractivity contribution in [2.24, 2.45) is 0 Å². The fourth-order valence-electron chi connectivity index (χ4n) is 2.74. The van der Waals surface area contributed by atoms with E-state index in [9.17, 15) is 9.59 Å². The van der Waals surface area contributed by atoms with E-state index in [2.05, 4.69) is 18.0 Å². The lowest BCUT2D eigenvalue weighted by Gasteiger charge is -2.20. The zero-order valence-electron chi connectivity index (χ0n) is 11.3. The summed E-state index contributed by atoms with van der Waals surface area (Å²) < 4.78 is 0. The van der Waals surface area contributed by atoms with Crippen molar-refractivity contribution in [3.8, 4) is 11.3 Å². The number of nitrogens with zero attached hydrogens (tertiary/aromatic N) is 2. The van der Waals surface area contributed by atoms with Crippen molar-refractivity contribution < 1.29 is 9.59 Å². The first kappa shape index (κ1) is 13.0. The molecule has 20 heavy (non-hydrogen) atoms. The third-order valence-corrected chi connectivity index (χ3v) is 4.32. The molecule has 1 aliphatic rings. The number of rotatable bonds is 2. The predicted octanol–water partition coefficient (Wildman–Crippen LogP) is 2.92. The summed E-state index contributed by atoms with van der Waals surface area (Å²) in [6.45, 7) is 3.64. The van der Waals surface area contributed by atoms with Crippen molar-refractivity contribution >= 4 is 29.2 Å². The molecule has 1 aromatic heterocycles.